The molecule has 0 bridgehead atoms. The standard InChI is InChI=1S/C23H20N4O4/c1-29-16-5-3-15(4-6-16)17-8-9-24-21-20(17)22(28)27-23(26-21)25-13-14-2-7-18-19(12-14)31-11-10-30-18/h2-9,12H,10-11,13H2,1H3,(H2,24,25,26,27,28). The molecule has 156 valence electrons. The Morgan fingerprint density at radius 2 is 1.87 bits per heavy atom. The number of H-pyrrole nitrogens is 1. The average molecular weight is 416 g/mol. The summed E-state index contributed by atoms with van der Waals surface area (Å²) in [5, 5.41) is 3.60. The molecule has 8 heteroatoms. The maximum absolute atomic E-state index is 12.9. The third-order valence-electron chi connectivity index (χ3n) is 5.08. The van der Waals surface area contributed by atoms with E-state index in [1.54, 1.807) is 13.3 Å². The van der Waals surface area contributed by atoms with E-state index in [0.717, 1.165) is 33.9 Å². The number of rotatable bonds is 5. The highest BCUT2D eigenvalue weighted by Crippen LogP contribution is 2.31. The minimum atomic E-state index is -0.256. The van der Waals surface area contributed by atoms with Crippen molar-refractivity contribution in [2.75, 3.05) is 25.6 Å². The van der Waals surface area contributed by atoms with Gasteiger partial charge < -0.3 is 19.5 Å². The lowest BCUT2D eigenvalue weighted by Gasteiger charge is -2.19. The van der Waals surface area contributed by atoms with Crippen molar-refractivity contribution in [3.05, 3.63) is 70.6 Å². The van der Waals surface area contributed by atoms with Crippen molar-refractivity contribution in [3.8, 4) is 28.4 Å². The van der Waals surface area contributed by atoms with Crippen molar-refractivity contribution in [1.82, 2.24) is 15.0 Å². The first-order chi connectivity index (χ1) is 15.2. The van der Waals surface area contributed by atoms with E-state index in [9.17, 15) is 4.79 Å². The number of aromatic nitrogens is 3. The second kappa shape index (κ2) is 7.98. The molecular weight excluding hydrogens is 396 g/mol. The van der Waals surface area contributed by atoms with Crippen LogP contribution in [0.4, 0.5) is 5.95 Å². The number of nitrogens with zero attached hydrogens (tertiary/aromatic N) is 2. The number of nitrogens with one attached hydrogen (secondary N) is 2. The molecule has 3 heterocycles. The van der Waals surface area contributed by atoms with E-state index in [1.807, 2.05) is 48.5 Å². The van der Waals surface area contributed by atoms with Gasteiger partial charge in [0.2, 0.25) is 5.95 Å². The molecule has 0 atom stereocenters. The lowest BCUT2D eigenvalue weighted by Crippen LogP contribution is -2.16. The van der Waals surface area contributed by atoms with Crippen molar-refractivity contribution < 1.29 is 14.2 Å². The van der Waals surface area contributed by atoms with Gasteiger partial charge in [-0.1, -0.05) is 18.2 Å². The average Bonchev–Trinajstić information content (AvgIpc) is 2.82. The molecule has 8 nitrogen and oxygen atoms in total. The Balaban J connectivity index is 1.43. The molecule has 2 aromatic heterocycles. The van der Waals surface area contributed by atoms with Gasteiger partial charge in [-0.15, -0.1) is 0 Å². The molecule has 0 saturated carbocycles. The fourth-order valence-corrected chi connectivity index (χ4v) is 3.54. The SMILES string of the molecule is COc1ccc(-c2ccnc3nc(NCc4ccc5c(c4)OCCO5)[nH]c(=O)c23)cc1. The summed E-state index contributed by atoms with van der Waals surface area (Å²) in [6, 6.07) is 15.1. The van der Waals surface area contributed by atoms with Gasteiger partial charge >= 0.3 is 0 Å². The largest absolute Gasteiger partial charge is 0.497 e. The Morgan fingerprint density at radius 1 is 1.06 bits per heavy atom. The molecular formula is C23H20N4O4. The molecule has 2 aromatic carbocycles. The second-order valence-electron chi connectivity index (χ2n) is 7.03. The van der Waals surface area contributed by atoms with Gasteiger partial charge in [-0.05, 0) is 47.0 Å². The molecule has 0 radical (unpaired) electrons. The Morgan fingerprint density at radius 3 is 2.68 bits per heavy atom. The Kier molecular flexibility index (Phi) is 4.87. The van der Waals surface area contributed by atoms with Crippen LogP contribution in [0.2, 0.25) is 0 Å². The first-order valence-electron chi connectivity index (χ1n) is 9.87. The highest BCUT2D eigenvalue weighted by molar-refractivity contribution is 5.92. The monoisotopic (exact) mass is 416 g/mol. The fraction of sp³-hybridized carbons (Fsp3) is 0.174. The van der Waals surface area contributed by atoms with Crippen LogP contribution < -0.4 is 25.1 Å². The van der Waals surface area contributed by atoms with Gasteiger partial charge in [-0.2, -0.15) is 4.98 Å². The lowest BCUT2D eigenvalue weighted by molar-refractivity contribution is 0.171. The predicted molar refractivity (Wildman–Crippen MR) is 117 cm³/mol. The van der Waals surface area contributed by atoms with E-state index in [1.165, 1.54) is 0 Å². The van der Waals surface area contributed by atoms with Crippen LogP contribution in [0.25, 0.3) is 22.2 Å². The molecule has 4 aromatic rings. The van der Waals surface area contributed by atoms with Crippen LogP contribution in [0.3, 0.4) is 0 Å². The van der Waals surface area contributed by atoms with Crippen molar-refractivity contribution in [2.45, 2.75) is 6.54 Å². The van der Waals surface area contributed by atoms with E-state index in [0.29, 0.717) is 36.7 Å². The highest BCUT2D eigenvalue weighted by atomic mass is 16.6. The van der Waals surface area contributed by atoms with Crippen LogP contribution in [0.5, 0.6) is 17.2 Å². The Bertz CT molecular complexity index is 1300. The summed E-state index contributed by atoms with van der Waals surface area (Å²) in [6.07, 6.45) is 1.65. The number of ether oxygens (including phenoxy) is 3. The van der Waals surface area contributed by atoms with Gasteiger partial charge in [0.05, 0.1) is 12.5 Å². The Hall–Kier alpha value is -4.07. The predicted octanol–water partition coefficient (Wildman–Crippen LogP) is 3.38. The maximum atomic E-state index is 12.9. The summed E-state index contributed by atoms with van der Waals surface area (Å²) in [5.41, 5.74) is 2.75. The zero-order valence-corrected chi connectivity index (χ0v) is 16.8. The molecule has 0 amide bonds. The number of pyridine rings is 1. The van der Waals surface area contributed by atoms with Gasteiger partial charge in [-0.25, -0.2) is 4.98 Å². The number of aromatic amines is 1. The fourth-order valence-electron chi connectivity index (χ4n) is 3.54. The minimum absolute atomic E-state index is 0.256. The van der Waals surface area contributed by atoms with Crippen molar-refractivity contribution >= 4 is 17.0 Å². The summed E-state index contributed by atoms with van der Waals surface area (Å²) >= 11 is 0. The molecule has 2 N–H and O–H groups in total. The number of fused-ring (bicyclic) bond motifs is 2. The third kappa shape index (κ3) is 3.75. The second-order valence-corrected chi connectivity index (χ2v) is 7.03. The first-order valence-corrected chi connectivity index (χ1v) is 9.87. The van der Waals surface area contributed by atoms with Gasteiger partial charge in [0.25, 0.3) is 5.56 Å². The van der Waals surface area contributed by atoms with Crippen molar-refractivity contribution in [1.29, 1.82) is 0 Å². The Labute approximate surface area is 177 Å². The van der Waals surface area contributed by atoms with Gasteiger partial charge in [0, 0.05) is 12.7 Å². The minimum Gasteiger partial charge on any atom is -0.497 e. The smallest absolute Gasteiger partial charge is 0.262 e. The molecule has 31 heavy (non-hydrogen) atoms. The van der Waals surface area contributed by atoms with Gasteiger partial charge in [0.15, 0.2) is 17.1 Å². The highest BCUT2D eigenvalue weighted by Gasteiger charge is 2.13. The summed E-state index contributed by atoms with van der Waals surface area (Å²) in [4.78, 5) is 24.5. The van der Waals surface area contributed by atoms with Crippen LogP contribution >= 0.6 is 0 Å². The number of anilines is 1. The molecule has 1 aliphatic heterocycles. The molecule has 0 spiro atoms. The molecule has 1 aliphatic rings. The van der Waals surface area contributed by atoms with Crippen LogP contribution in [0.1, 0.15) is 5.56 Å². The summed E-state index contributed by atoms with van der Waals surface area (Å²) in [5.74, 6) is 2.56. The topological polar surface area (TPSA) is 98.4 Å². The number of hydrogen-bond donors (Lipinski definition) is 2. The van der Waals surface area contributed by atoms with E-state index >= 15 is 0 Å². The maximum Gasteiger partial charge on any atom is 0.262 e. The van der Waals surface area contributed by atoms with Crippen LogP contribution in [-0.4, -0.2) is 35.3 Å². The van der Waals surface area contributed by atoms with Gasteiger partial charge in [-0.3, -0.25) is 9.78 Å². The van der Waals surface area contributed by atoms with Crippen LogP contribution in [-0.2, 0) is 6.54 Å². The first kappa shape index (κ1) is 18.9. The van der Waals surface area contributed by atoms with Crippen molar-refractivity contribution in [2.24, 2.45) is 0 Å². The summed E-state index contributed by atoms with van der Waals surface area (Å²) in [7, 11) is 1.62. The lowest BCUT2D eigenvalue weighted by atomic mass is 10.0. The van der Waals surface area contributed by atoms with Crippen LogP contribution in [0.15, 0.2) is 59.5 Å². The molecule has 0 aliphatic carbocycles. The molecule has 5 rings (SSSR count). The van der Waals surface area contributed by atoms with E-state index < -0.39 is 0 Å². The number of hydrogen-bond acceptors (Lipinski definition) is 7. The van der Waals surface area contributed by atoms with E-state index in [-0.39, 0.29) is 5.56 Å². The van der Waals surface area contributed by atoms with E-state index in [4.69, 9.17) is 14.2 Å². The molecule has 0 fully saturated rings. The quantitative estimate of drug-likeness (QED) is 0.515. The summed E-state index contributed by atoms with van der Waals surface area (Å²) < 4.78 is 16.4. The number of benzene rings is 2. The van der Waals surface area contributed by atoms with Crippen molar-refractivity contribution in [3.63, 3.8) is 0 Å². The zero-order valence-electron chi connectivity index (χ0n) is 16.8. The summed E-state index contributed by atoms with van der Waals surface area (Å²) in [6.45, 7) is 1.55. The zero-order chi connectivity index (χ0) is 21.2. The normalized spacial score (nSPS) is 12.5. The molecule has 0 unspecified atom stereocenters. The third-order valence-corrected chi connectivity index (χ3v) is 5.08. The van der Waals surface area contributed by atoms with Gasteiger partial charge in [0.1, 0.15) is 19.0 Å². The van der Waals surface area contributed by atoms with E-state index in [2.05, 4.69) is 20.3 Å². The molecule has 0 saturated heterocycles. The van der Waals surface area contributed by atoms with Crippen LogP contribution in [0, 0.1) is 0 Å². The number of methoxy groups -OCH3 is 1.